The molecule has 0 radical (unpaired) electrons. The van der Waals surface area contributed by atoms with Crippen molar-refractivity contribution in [1.29, 1.82) is 0 Å². The lowest BCUT2D eigenvalue weighted by Crippen LogP contribution is -2.28. The molecule has 1 heterocycles. The maximum absolute atomic E-state index is 12.9. The lowest BCUT2D eigenvalue weighted by atomic mass is 10.2. The first-order valence-corrected chi connectivity index (χ1v) is 10.1. The van der Waals surface area contributed by atoms with Gasteiger partial charge in [0.2, 0.25) is 0 Å². The van der Waals surface area contributed by atoms with Gasteiger partial charge in [-0.05, 0) is 32.0 Å². The molecule has 0 aliphatic carbocycles. The molecule has 1 saturated heterocycles. The van der Waals surface area contributed by atoms with Crippen molar-refractivity contribution in [2.24, 2.45) is 0 Å². The van der Waals surface area contributed by atoms with Gasteiger partial charge in [-0.1, -0.05) is 22.0 Å². The summed E-state index contributed by atoms with van der Waals surface area (Å²) in [6.45, 7) is 4.02. The summed E-state index contributed by atoms with van der Waals surface area (Å²) in [7, 11) is -1.75. The van der Waals surface area contributed by atoms with E-state index in [9.17, 15) is 9.36 Å². The molecule has 2 atom stereocenters. The third kappa shape index (κ3) is 4.65. The third-order valence-electron chi connectivity index (χ3n) is 3.51. The third-order valence-corrected chi connectivity index (χ3v) is 6.50. The quantitative estimate of drug-likeness (QED) is 0.678. The summed E-state index contributed by atoms with van der Waals surface area (Å²) in [4.78, 5) is 18.0. The van der Waals surface area contributed by atoms with Crippen LogP contribution in [0.5, 0.6) is 0 Å². The normalized spacial score (nSPS) is 21.8. The van der Waals surface area contributed by atoms with Gasteiger partial charge in [0.25, 0.3) is 5.91 Å². The van der Waals surface area contributed by atoms with E-state index in [2.05, 4.69) is 21.2 Å². The van der Waals surface area contributed by atoms with Crippen LogP contribution < -0.4 is 5.32 Å². The topological polar surface area (TPSA) is 77.1 Å². The van der Waals surface area contributed by atoms with Crippen molar-refractivity contribution in [2.75, 3.05) is 25.6 Å². The Morgan fingerprint density at radius 1 is 1.42 bits per heavy atom. The molecule has 1 aromatic carbocycles. The van der Waals surface area contributed by atoms with E-state index in [0.717, 1.165) is 4.47 Å². The monoisotopic (exact) mass is 420 g/mol. The number of benzene rings is 1. The largest absolute Gasteiger partial charge is 0.350 e. The summed E-state index contributed by atoms with van der Waals surface area (Å²) in [6.07, 6.45) is -0.527. The number of nitrogens with one attached hydrogen (secondary N) is 1. The van der Waals surface area contributed by atoms with E-state index in [-0.39, 0.29) is 25.5 Å². The molecule has 24 heavy (non-hydrogen) atoms. The number of carbonyl (C=O) groups is 1. The van der Waals surface area contributed by atoms with E-state index < -0.39 is 19.5 Å². The molecule has 1 aliphatic rings. The molecule has 1 N–H and O–H groups in total. The average molecular weight is 421 g/mol. The Kier molecular flexibility index (Phi) is 6.98. The van der Waals surface area contributed by atoms with Gasteiger partial charge in [0.1, 0.15) is 5.78 Å². The molecule has 0 spiro atoms. The van der Waals surface area contributed by atoms with Crippen molar-refractivity contribution in [3.8, 4) is 0 Å². The molecule has 0 aromatic heterocycles. The van der Waals surface area contributed by atoms with E-state index in [0.29, 0.717) is 5.69 Å². The van der Waals surface area contributed by atoms with Gasteiger partial charge in [0, 0.05) is 23.6 Å². The second-order valence-corrected chi connectivity index (χ2v) is 8.34. The summed E-state index contributed by atoms with van der Waals surface area (Å²) in [5.74, 6) is -0.919. The molecule has 1 aliphatic heterocycles. The summed E-state index contributed by atoms with van der Waals surface area (Å²) in [6, 6.07) is 7.26. The smallest absolute Gasteiger partial charge is 0.324 e. The van der Waals surface area contributed by atoms with Gasteiger partial charge in [0.05, 0.1) is 13.2 Å². The Balaban J connectivity index is 2.06. The molecule has 1 aromatic rings. The molecule has 0 bridgehead atoms. The lowest BCUT2D eigenvalue weighted by Gasteiger charge is -2.25. The van der Waals surface area contributed by atoms with Gasteiger partial charge >= 0.3 is 7.60 Å². The second kappa shape index (κ2) is 8.56. The number of hydroxylamine groups is 2. The van der Waals surface area contributed by atoms with E-state index in [1.807, 2.05) is 12.1 Å². The minimum absolute atomic E-state index is 0.230. The van der Waals surface area contributed by atoms with Gasteiger partial charge in [0.15, 0.2) is 6.10 Å². The number of amides is 1. The Morgan fingerprint density at radius 2 is 2.08 bits per heavy atom. The van der Waals surface area contributed by atoms with E-state index in [1.165, 1.54) is 5.06 Å². The molecule has 9 heteroatoms. The zero-order valence-electron chi connectivity index (χ0n) is 13.9. The zero-order valence-corrected chi connectivity index (χ0v) is 16.4. The van der Waals surface area contributed by atoms with Gasteiger partial charge in [-0.15, -0.1) is 0 Å². The first-order valence-electron chi connectivity index (χ1n) is 7.74. The van der Waals surface area contributed by atoms with Crippen LogP contribution in [0.1, 0.15) is 20.3 Å². The Bertz CT molecular complexity index is 620. The highest BCUT2D eigenvalue weighted by molar-refractivity contribution is 9.10. The summed E-state index contributed by atoms with van der Waals surface area (Å²) in [5, 5.41) is 4.19. The van der Waals surface area contributed by atoms with Crippen LogP contribution in [0.2, 0.25) is 0 Å². The van der Waals surface area contributed by atoms with Crippen LogP contribution >= 0.6 is 23.5 Å². The second-order valence-electron chi connectivity index (χ2n) is 5.23. The summed E-state index contributed by atoms with van der Waals surface area (Å²) >= 11 is 3.35. The number of rotatable bonds is 7. The van der Waals surface area contributed by atoms with Crippen molar-refractivity contribution < 1.29 is 23.2 Å². The van der Waals surface area contributed by atoms with Crippen molar-refractivity contribution in [1.82, 2.24) is 5.06 Å². The van der Waals surface area contributed by atoms with Crippen LogP contribution in [-0.2, 0) is 23.2 Å². The fourth-order valence-electron chi connectivity index (χ4n) is 2.50. The SMILES string of the molecule is CCOP(=O)(OCC)[C@@H]1C[C@@H](C(=O)Nc2cccc(Br)c2)ON1C. The van der Waals surface area contributed by atoms with E-state index >= 15 is 0 Å². The van der Waals surface area contributed by atoms with E-state index in [1.54, 1.807) is 33.0 Å². The highest BCUT2D eigenvalue weighted by Gasteiger charge is 2.48. The Hall–Kier alpha value is -0.760. The molecular formula is C15H22BrN2O5P. The fourth-order valence-corrected chi connectivity index (χ4v) is 4.94. The predicted octanol–water partition coefficient (Wildman–Crippen LogP) is 3.62. The number of nitrogens with zero attached hydrogens (tertiary/aromatic N) is 1. The van der Waals surface area contributed by atoms with Crippen LogP contribution in [0.15, 0.2) is 28.7 Å². The predicted molar refractivity (Wildman–Crippen MR) is 94.7 cm³/mol. The number of carbonyl (C=O) groups excluding carboxylic acids is 1. The van der Waals surface area contributed by atoms with Crippen LogP contribution in [0, 0.1) is 0 Å². The molecule has 0 saturated carbocycles. The number of hydrogen-bond acceptors (Lipinski definition) is 6. The standard InChI is InChI=1S/C15H22BrN2O5P/c1-4-21-24(20,22-5-2)14-10-13(23-18(14)3)15(19)17-12-8-6-7-11(16)9-12/h6-9,13-14H,4-5,10H2,1-3H3,(H,17,19)/t13-,14+/m0/s1. The Labute approximate surface area is 150 Å². The minimum atomic E-state index is -3.38. The fraction of sp³-hybridized carbons (Fsp3) is 0.533. The molecular weight excluding hydrogens is 399 g/mol. The van der Waals surface area contributed by atoms with E-state index in [4.69, 9.17) is 13.9 Å². The average Bonchev–Trinajstić information content (AvgIpc) is 2.90. The van der Waals surface area contributed by atoms with Crippen LogP contribution in [0.4, 0.5) is 5.69 Å². The highest BCUT2D eigenvalue weighted by Crippen LogP contribution is 2.57. The van der Waals surface area contributed by atoms with Crippen LogP contribution in [0.25, 0.3) is 0 Å². The molecule has 7 nitrogen and oxygen atoms in total. The molecule has 1 fully saturated rings. The number of anilines is 1. The first-order chi connectivity index (χ1) is 11.4. The first kappa shape index (κ1) is 19.6. The number of halogens is 1. The highest BCUT2D eigenvalue weighted by atomic mass is 79.9. The lowest BCUT2D eigenvalue weighted by molar-refractivity contribution is -0.155. The molecule has 2 rings (SSSR count). The Morgan fingerprint density at radius 3 is 2.67 bits per heavy atom. The van der Waals surface area contributed by atoms with Gasteiger partial charge < -0.3 is 14.4 Å². The summed E-state index contributed by atoms with van der Waals surface area (Å²) in [5.41, 5.74) is 0.655. The zero-order chi connectivity index (χ0) is 17.7. The van der Waals surface area contributed by atoms with Gasteiger partial charge in [-0.3, -0.25) is 14.2 Å². The van der Waals surface area contributed by atoms with Crippen molar-refractivity contribution in [3.05, 3.63) is 28.7 Å². The number of hydrogen-bond donors (Lipinski definition) is 1. The maximum atomic E-state index is 12.9. The molecule has 0 unspecified atom stereocenters. The van der Waals surface area contributed by atoms with Crippen molar-refractivity contribution >= 4 is 35.1 Å². The minimum Gasteiger partial charge on any atom is -0.324 e. The maximum Gasteiger partial charge on any atom is 0.350 e. The van der Waals surface area contributed by atoms with Crippen molar-refractivity contribution in [3.63, 3.8) is 0 Å². The van der Waals surface area contributed by atoms with Crippen LogP contribution in [-0.4, -0.2) is 43.1 Å². The molecule has 134 valence electrons. The summed E-state index contributed by atoms with van der Waals surface area (Å²) < 4.78 is 24.5. The van der Waals surface area contributed by atoms with Crippen molar-refractivity contribution in [2.45, 2.75) is 32.2 Å². The van der Waals surface area contributed by atoms with Gasteiger partial charge in [-0.2, -0.15) is 5.06 Å². The molecule has 1 amide bonds. The van der Waals surface area contributed by atoms with Crippen LogP contribution in [0.3, 0.4) is 0 Å². The van der Waals surface area contributed by atoms with Gasteiger partial charge in [-0.25, -0.2) is 0 Å².